The van der Waals surface area contributed by atoms with Crippen molar-refractivity contribution in [2.75, 3.05) is 0 Å². The third-order valence-electron chi connectivity index (χ3n) is 10.6. The van der Waals surface area contributed by atoms with Gasteiger partial charge in [0.25, 0.3) is 5.92 Å². The number of halogens is 3. The van der Waals surface area contributed by atoms with E-state index in [1.54, 1.807) is 0 Å². The van der Waals surface area contributed by atoms with E-state index in [2.05, 4.69) is 0 Å². The molecule has 4 nitrogen and oxygen atoms in total. The van der Waals surface area contributed by atoms with E-state index >= 15 is 8.78 Å². The molecular formula is C24H36F3NO3. The zero-order valence-corrected chi connectivity index (χ0v) is 18.7. The number of alkyl halides is 3. The van der Waals surface area contributed by atoms with Crippen LogP contribution in [-0.4, -0.2) is 40.6 Å². The molecule has 176 valence electrons. The number of nitrogens with one attached hydrogen (secondary N) is 1. The highest BCUT2D eigenvalue weighted by molar-refractivity contribution is 5.71. The fourth-order valence-corrected chi connectivity index (χ4v) is 8.88. The minimum absolute atomic E-state index is 0.0800. The number of carboxylic acid groups (broad SMARTS) is 1. The summed E-state index contributed by atoms with van der Waals surface area (Å²) in [6, 6.07) is 0. The highest BCUT2D eigenvalue weighted by Gasteiger charge is 2.71. The first kappa shape index (κ1) is 23.1. The lowest BCUT2D eigenvalue weighted by molar-refractivity contribution is -0.246. The molecule has 4 aliphatic rings. The molecule has 4 fully saturated rings. The fourth-order valence-electron chi connectivity index (χ4n) is 8.88. The van der Waals surface area contributed by atoms with Crippen molar-refractivity contribution in [2.24, 2.45) is 45.8 Å². The van der Waals surface area contributed by atoms with Gasteiger partial charge in [-0.1, -0.05) is 20.8 Å². The van der Waals surface area contributed by atoms with Gasteiger partial charge in [-0.25, -0.2) is 13.2 Å². The van der Waals surface area contributed by atoms with Gasteiger partial charge in [-0.05, 0) is 73.0 Å². The van der Waals surface area contributed by atoms with Crippen molar-refractivity contribution in [3.8, 4) is 0 Å². The molecule has 0 bridgehead atoms. The van der Waals surface area contributed by atoms with Crippen LogP contribution in [-0.2, 0) is 4.79 Å². The molecule has 0 saturated heterocycles. The molecule has 0 aromatic heterocycles. The van der Waals surface area contributed by atoms with Gasteiger partial charge < -0.3 is 15.6 Å². The molecule has 4 unspecified atom stereocenters. The third-order valence-corrected chi connectivity index (χ3v) is 10.6. The molecule has 0 heterocycles. The van der Waals surface area contributed by atoms with Gasteiger partial charge in [-0.2, -0.15) is 0 Å². The minimum atomic E-state index is -2.90. The largest absolute Gasteiger partial charge is 0.481 e. The second-order valence-electron chi connectivity index (χ2n) is 11.6. The molecule has 10 atom stereocenters. The Balaban J connectivity index is 1.73. The van der Waals surface area contributed by atoms with Crippen LogP contribution in [0.2, 0.25) is 0 Å². The van der Waals surface area contributed by atoms with Crippen LogP contribution in [0.15, 0.2) is 0 Å². The van der Waals surface area contributed by atoms with Gasteiger partial charge in [0, 0.05) is 30.4 Å². The van der Waals surface area contributed by atoms with Crippen LogP contribution < -0.4 is 0 Å². The van der Waals surface area contributed by atoms with Gasteiger partial charge in [0.05, 0.1) is 6.10 Å². The van der Waals surface area contributed by atoms with Crippen LogP contribution in [0.5, 0.6) is 0 Å². The number of rotatable bonds is 4. The minimum Gasteiger partial charge on any atom is -0.481 e. The summed E-state index contributed by atoms with van der Waals surface area (Å²) in [5.74, 6) is -6.05. The van der Waals surface area contributed by atoms with Crippen LogP contribution in [0.4, 0.5) is 13.2 Å². The molecule has 4 saturated carbocycles. The number of hydrogen-bond acceptors (Lipinski definition) is 3. The number of aliphatic carboxylic acids is 1. The Bertz CT molecular complexity index is 762. The predicted molar refractivity (Wildman–Crippen MR) is 111 cm³/mol. The molecule has 0 amide bonds. The van der Waals surface area contributed by atoms with E-state index in [4.69, 9.17) is 5.41 Å². The highest BCUT2D eigenvalue weighted by atomic mass is 19.3. The molecule has 4 rings (SSSR count). The summed E-state index contributed by atoms with van der Waals surface area (Å²) in [6.45, 7) is 5.79. The van der Waals surface area contributed by atoms with Gasteiger partial charge in [-0.3, -0.25) is 4.79 Å². The third kappa shape index (κ3) is 3.04. The Kier molecular flexibility index (Phi) is 5.35. The van der Waals surface area contributed by atoms with Gasteiger partial charge >= 0.3 is 5.97 Å². The number of carbonyl (C=O) groups is 1. The van der Waals surface area contributed by atoms with E-state index in [-0.39, 0.29) is 43.4 Å². The maximum Gasteiger partial charge on any atom is 0.303 e. The molecule has 0 aromatic rings. The topological polar surface area (TPSA) is 81.4 Å². The average molecular weight is 444 g/mol. The van der Waals surface area contributed by atoms with Crippen molar-refractivity contribution in [1.82, 2.24) is 0 Å². The van der Waals surface area contributed by atoms with Crippen molar-refractivity contribution in [1.29, 1.82) is 5.41 Å². The summed E-state index contributed by atoms with van der Waals surface area (Å²) >= 11 is 0. The monoisotopic (exact) mass is 443 g/mol. The van der Waals surface area contributed by atoms with Crippen molar-refractivity contribution in [3.63, 3.8) is 0 Å². The molecule has 0 spiro atoms. The molecule has 31 heavy (non-hydrogen) atoms. The zero-order valence-electron chi connectivity index (χ0n) is 18.7. The highest BCUT2D eigenvalue weighted by Crippen LogP contribution is 2.73. The predicted octanol–water partition coefficient (Wildman–Crippen LogP) is 5.33. The van der Waals surface area contributed by atoms with E-state index in [9.17, 15) is 19.4 Å². The van der Waals surface area contributed by atoms with Gasteiger partial charge in [0.1, 0.15) is 6.17 Å². The summed E-state index contributed by atoms with van der Waals surface area (Å²) in [5.41, 5.74) is -1.84. The zero-order chi connectivity index (χ0) is 23.0. The number of aliphatic hydroxyl groups excluding tert-OH is 1. The first-order chi connectivity index (χ1) is 14.3. The van der Waals surface area contributed by atoms with E-state index in [1.807, 2.05) is 20.8 Å². The molecule has 0 aromatic carbocycles. The van der Waals surface area contributed by atoms with E-state index in [1.165, 1.54) is 6.21 Å². The van der Waals surface area contributed by atoms with Crippen LogP contribution in [0.1, 0.15) is 72.1 Å². The summed E-state index contributed by atoms with van der Waals surface area (Å²) in [7, 11) is 0. The lowest BCUT2D eigenvalue weighted by Crippen LogP contribution is -2.63. The number of carboxylic acids is 1. The second kappa shape index (κ2) is 7.19. The standard InChI is InChI=1S/C24H36F3NO3/c1-13(8-19(30)31)23(12-28)7-5-16-20-15(4-6-22(16,23)3)21(2)11-17(25)18(29)9-14(21)10-24(20,26)27/h12-18,20,28-29H,4-11H2,1-3H3,(H,30,31)/t13-,14+,15?,16?,17+,18-,20?,21+,22+,23?/m1/s1. The second-order valence-corrected chi connectivity index (χ2v) is 11.6. The van der Waals surface area contributed by atoms with Crippen LogP contribution in [0.3, 0.4) is 0 Å². The molecule has 0 aliphatic heterocycles. The Morgan fingerprint density at radius 1 is 1.19 bits per heavy atom. The van der Waals surface area contributed by atoms with Crippen molar-refractivity contribution < 1.29 is 28.2 Å². The van der Waals surface area contributed by atoms with Crippen molar-refractivity contribution >= 4 is 12.2 Å². The average Bonchev–Trinajstić information content (AvgIpc) is 2.97. The van der Waals surface area contributed by atoms with Crippen LogP contribution >= 0.6 is 0 Å². The molecule has 7 heteroatoms. The van der Waals surface area contributed by atoms with Gasteiger partial charge in [0.2, 0.25) is 0 Å². The lowest BCUT2D eigenvalue weighted by atomic mass is 9.41. The summed E-state index contributed by atoms with van der Waals surface area (Å²) in [4.78, 5) is 11.4. The lowest BCUT2D eigenvalue weighted by Gasteiger charge is -2.64. The van der Waals surface area contributed by atoms with Crippen LogP contribution in [0.25, 0.3) is 0 Å². The number of hydrogen-bond donors (Lipinski definition) is 3. The first-order valence-electron chi connectivity index (χ1n) is 11.8. The first-order valence-corrected chi connectivity index (χ1v) is 11.8. The van der Waals surface area contributed by atoms with E-state index in [0.717, 1.165) is 0 Å². The van der Waals surface area contributed by atoms with Crippen molar-refractivity contribution in [2.45, 2.75) is 90.3 Å². The fraction of sp³-hybridized carbons (Fsp3) is 0.917. The Hall–Kier alpha value is -1.11. The summed E-state index contributed by atoms with van der Waals surface area (Å²) < 4.78 is 46.1. The Morgan fingerprint density at radius 3 is 2.45 bits per heavy atom. The van der Waals surface area contributed by atoms with Crippen LogP contribution in [0, 0.1) is 51.2 Å². The molecule has 0 radical (unpaired) electrons. The van der Waals surface area contributed by atoms with E-state index < -0.39 is 52.2 Å². The summed E-state index contributed by atoms with van der Waals surface area (Å²) in [6.07, 6.45) is 0.950. The van der Waals surface area contributed by atoms with E-state index in [0.29, 0.717) is 25.7 Å². The van der Waals surface area contributed by atoms with Crippen molar-refractivity contribution in [3.05, 3.63) is 0 Å². The number of fused-ring (bicyclic) bond motifs is 5. The maximum absolute atomic E-state index is 15.8. The number of aliphatic hydroxyl groups is 1. The Morgan fingerprint density at radius 2 is 1.84 bits per heavy atom. The molecule has 3 N–H and O–H groups in total. The maximum atomic E-state index is 15.8. The SMILES string of the molecule is C[C@H](CC(=O)O)C1(C=N)CCC2C3C(CC[C@@]21C)[C@@]1(C)C[C@H](F)[C@H](O)C[C@H]1CC3(F)F. The quantitative estimate of drug-likeness (QED) is 0.514. The molecule has 4 aliphatic carbocycles. The summed E-state index contributed by atoms with van der Waals surface area (Å²) in [5, 5.41) is 27.6. The van der Waals surface area contributed by atoms with Gasteiger partial charge in [-0.15, -0.1) is 0 Å². The normalized spacial score (nSPS) is 51.8. The van der Waals surface area contributed by atoms with Gasteiger partial charge in [0.15, 0.2) is 0 Å². The Labute approximate surface area is 182 Å². The molecular weight excluding hydrogens is 407 g/mol. The smallest absolute Gasteiger partial charge is 0.303 e.